The Morgan fingerprint density at radius 1 is 1.56 bits per heavy atom. The van der Waals surface area contributed by atoms with Gasteiger partial charge < -0.3 is 9.73 Å². The number of nitrogens with one attached hydrogen (secondary N) is 1. The van der Waals surface area contributed by atoms with Gasteiger partial charge in [-0.3, -0.25) is 0 Å². The van der Waals surface area contributed by atoms with Crippen LogP contribution in [0.4, 0.5) is 0 Å². The van der Waals surface area contributed by atoms with Crippen molar-refractivity contribution in [3.8, 4) is 0 Å². The van der Waals surface area contributed by atoms with E-state index in [0.29, 0.717) is 12.1 Å². The monoisotopic (exact) mass is 239 g/mol. The predicted octanol–water partition coefficient (Wildman–Crippen LogP) is 3.08. The summed E-state index contributed by atoms with van der Waals surface area (Å²) in [5.41, 5.74) is 0. The maximum atomic E-state index is 5.37. The fraction of sp³-hybridized carbons (Fsp3) is 0.692. The van der Waals surface area contributed by atoms with Crippen molar-refractivity contribution in [2.45, 2.75) is 49.9 Å². The molecule has 0 bridgehead atoms. The molecule has 0 amide bonds. The molecular weight excluding hydrogens is 218 g/mol. The third-order valence-corrected chi connectivity index (χ3v) is 4.42. The van der Waals surface area contributed by atoms with Gasteiger partial charge in [-0.2, -0.15) is 11.8 Å². The third kappa shape index (κ3) is 3.29. The van der Waals surface area contributed by atoms with Crippen molar-refractivity contribution in [2.75, 3.05) is 6.26 Å². The maximum absolute atomic E-state index is 5.37. The van der Waals surface area contributed by atoms with E-state index in [1.54, 1.807) is 6.26 Å². The second kappa shape index (κ2) is 5.78. The van der Waals surface area contributed by atoms with E-state index in [1.165, 1.54) is 19.3 Å². The fourth-order valence-electron chi connectivity index (χ4n) is 2.50. The van der Waals surface area contributed by atoms with Crippen LogP contribution in [0.15, 0.2) is 22.8 Å². The molecule has 2 rings (SSSR count). The van der Waals surface area contributed by atoms with Crippen LogP contribution >= 0.6 is 11.8 Å². The number of rotatable bonds is 5. The van der Waals surface area contributed by atoms with Gasteiger partial charge in [0.15, 0.2) is 0 Å². The topological polar surface area (TPSA) is 25.2 Å². The largest absolute Gasteiger partial charge is 0.469 e. The summed E-state index contributed by atoms with van der Waals surface area (Å²) in [5, 5.41) is 4.58. The Kier molecular flexibility index (Phi) is 4.36. The lowest BCUT2D eigenvalue weighted by Crippen LogP contribution is -2.36. The Morgan fingerprint density at radius 3 is 3.06 bits per heavy atom. The second-order valence-electron chi connectivity index (χ2n) is 4.72. The summed E-state index contributed by atoms with van der Waals surface area (Å²) < 4.78 is 5.37. The van der Waals surface area contributed by atoms with Crippen LogP contribution in [0.25, 0.3) is 0 Å². The van der Waals surface area contributed by atoms with Gasteiger partial charge in [0.2, 0.25) is 0 Å². The van der Waals surface area contributed by atoms with Crippen LogP contribution in [0.1, 0.15) is 31.9 Å². The third-order valence-electron chi connectivity index (χ3n) is 3.33. The van der Waals surface area contributed by atoms with Gasteiger partial charge in [-0.1, -0.05) is 0 Å². The van der Waals surface area contributed by atoms with E-state index >= 15 is 0 Å². The summed E-state index contributed by atoms with van der Waals surface area (Å²) in [6.45, 7) is 2.24. The van der Waals surface area contributed by atoms with Crippen molar-refractivity contribution in [3.05, 3.63) is 24.2 Å². The van der Waals surface area contributed by atoms with Crippen molar-refractivity contribution in [1.29, 1.82) is 0 Å². The molecule has 0 spiro atoms. The van der Waals surface area contributed by atoms with E-state index in [1.807, 2.05) is 17.8 Å². The summed E-state index contributed by atoms with van der Waals surface area (Å²) in [5.74, 6) is 1.08. The first-order valence-corrected chi connectivity index (χ1v) is 7.38. The summed E-state index contributed by atoms with van der Waals surface area (Å²) in [7, 11) is 0. The highest BCUT2D eigenvalue weighted by molar-refractivity contribution is 7.99. The van der Waals surface area contributed by atoms with Crippen LogP contribution in [-0.2, 0) is 6.42 Å². The summed E-state index contributed by atoms with van der Waals surface area (Å²) in [6, 6.07) is 5.23. The average molecular weight is 239 g/mol. The van der Waals surface area contributed by atoms with Crippen LogP contribution in [0.5, 0.6) is 0 Å². The molecule has 1 aromatic heterocycles. The zero-order valence-corrected chi connectivity index (χ0v) is 10.9. The molecule has 90 valence electrons. The highest BCUT2D eigenvalue weighted by atomic mass is 32.2. The lowest BCUT2D eigenvalue weighted by molar-refractivity contribution is 0.414. The van der Waals surface area contributed by atoms with Gasteiger partial charge in [0, 0.05) is 23.8 Å². The van der Waals surface area contributed by atoms with Crippen LogP contribution in [0.3, 0.4) is 0 Å². The second-order valence-corrected chi connectivity index (χ2v) is 5.86. The van der Waals surface area contributed by atoms with Gasteiger partial charge in [-0.15, -0.1) is 0 Å². The van der Waals surface area contributed by atoms with Crippen molar-refractivity contribution in [1.82, 2.24) is 5.32 Å². The van der Waals surface area contributed by atoms with Crippen LogP contribution in [-0.4, -0.2) is 23.6 Å². The zero-order valence-electron chi connectivity index (χ0n) is 10.1. The van der Waals surface area contributed by atoms with Crippen molar-refractivity contribution in [2.24, 2.45) is 0 Å². The highest BCUT2D eigenvalue weighted by Crippen LogP contribution is 2.28. The summed E-state index contributed by atoms with van der Waals surface area (Å²) in [6.07, 6.45) is 8.98. The molecule has 0 aliphatic heterocycles. The maximum Gasteiger partial charge on any atom is 0.105 e. The lowest BCUT2D eigenvalue weighted by Gasteiger charge is -2.18. The quantitative estimate of drug-likeness (QED) is 0.855. The SMILES string of the molecule is CSC1CCC(NC(C)Cc2ccco2)C1. The zero-order chi connectivity index (χ0) is 11.4. The first-order valence-electron chi connectivity index (χ1n) is 6.09. The molecule has 1 heterocycles. The molecule has 0 radical (unpaired) electrons. The van der Waals surface area contributed by atoms with Gasteiger partial charge in [0.1, 0.15) is 5.76 Å². The van der Waals surface area contributed by atoms with Crippen LogP contribution in [0, 0.1) is 0 Å². The Bertz CT molecular complexity index is 299. The molecule has 1 aliphatic carbocycles. The van der Waals surface area contributed by atoms with E-state index in [9.17, 15) is 0 Å². The average Bonchev–Trinajstić information content (AvgIpc) is 2.89. The molecule has 1 saturated carbocycles. The minimum absolute atomic E-state index is 0.511. The van der Waals surface area contributed by atoms with E-state index in [4.69, 9.17) is 4.42 Å². The molecule has 1 fully saturated rings. The first kappa shape index (κ1) is 12.1. The Balaban J connectivity index is 1.73. The molecule has 1 aliphatic rings. The summed E-state index contributed by atoms with van der Waals surface area (Å²) in [4.78, 5) is 0. The lowest BCUT2D eigenvalue weighted by atomic mass is 10.1. The molecule has 0 aromatic carbocycles. The molecule has 1 aromatic rings. The fourth-order valence-corrected chi connectivity index (χ4v) is 3.29. The normalized spacial score (nSPS) is 27.1. The van der Waals surface area contributed by atoms with Gasteiger partial charge in [-0.05, 0) is 44.6 Å². The van der Waals surface area contributed by atoms with E-state index in [2.05, 4.69) is 24.6 Å². The Hall–Kier alpha value is -0.410. The van der Waals surface area contributed by atoms with E-state index < -0.39 is 0 Å². The van der Waals surface area contributed by atoms with Gasteiger partial charge >= 0.3 is 0 Å². The standard InChI is InChI=1S/C13H21NOS/c1-10(8-12-4-3-7-15-12)14-11-5-6-13(9-11)16-2/h3-4,7,10-11,13-14H,5-6,8-9H2,1-2H3. The molecule has 1 N–H and O–H groups in total. The Labute approximate surface area is 102 Å². The number of thioether (sulfide) groups is 1. The van der Waals surface area contributed by atoms with Gasteiger partial charge in [0.25, 0.3) is 0 Å². The minimum Gasteiger partial charge on any atom is -0.469 e. The van der Waals surface area contributed by atoms with Crippen molar-refractivity contribution < 1.29 is 4.42 Å². The smallest absolute Gasteiger partial charge is 0.105 e. The molecule has 3 atom stereocenters. The molecule has 16 heavy (non-hydrogen) atoms. The first-order chi connectivity index (χ1) is 7.78. The Morgan fingerprint density at radius 2 is 2.44 bits per heavy atom. The number of hydrogen-bond donors (Lipinski definition) is 1. The molecular formula is C13H21NOS. The molecule has 0 saturated heterocycles. The highest BCUT2D eigenvalue weighted by Gasteiger charge is 2.24. The minimum atomic E-state index is 0.511. The van der Waals surface area contributed by atoms with Gasteiger partial charge in [-0.25, -0.2) is 0 Å². The summed E-state index contributed by atoms with van der Waals surface area (Å²) >= 11 is 2.01. The van der Waals surface area contributed by atoms with Crippen molar-refractivity contribution >= 4 is 11.8 Å². The molecule has 3 unspecified atom stereocenters. The van der Waals surface area contributed by atoms with E-state index in [-0.39, 0.29) is 0 Å². The number of hydrogen-bond acceptors (Lipinski definition) is 3. The van der Waals surface area contributed by atoms with Gasteiger partial charge in [0.05, 0.1) is 6.26 Å². The van der Waals surface area contributed by atoms with E-state index in [0.717, 1.165) is 17.4 Å². The van der Waals surface area contributed by atoms with Crippen molar-refractivity contribution in [3.63, 3.8) is 0 Å². The predicted molar refractivity (Wildman–Crippen MR) is 70.0 cm³/mol. The molecule has 2 nitrogen and oxygen atoms in total. The number of furan rings is 1. The van der Waals surface area contributed by atoms with Crippen LogP contribution in [0.2, 0.25) is 0 Å². The molecule has 3 heteroatoms. The van der Waals surface area contributed by atoms with Crippen LogP contribution < -0.4 is 5.32 Å².